The first kappa shape index (κ1) is 16.5. The Morgan fingerprint density at radius 1 is 1.12 bits per heavy atom. The maximum atomic E-state index is 14.2. The van der Waals surface area contributed by atoms with Crippen LogP contribution in [-0.2, 0) is 6.54 Å². The summed E-state index contributed by atoms with van der Waals surface area (Å²) in [6.07, 6.45) is 3.09. The second kappa shape index (κ2) is 5.65. The lowest BCUT2D eigenvalue weighted by Crippen LogP contribution is -2.42. The zero-order chi connectivity index (χ0) is 17.6. The van der Waals surface area contributed by atoms with Crippen LogP contribution in [0.5, 0.6) is 0 Å². The summed E-state index contributed by atoms with van der Waals surface area (Å²) in [6.45, 7) is 8.39. The molecule has 0 saturated heterocycles. The molecule has 0 amide bonds. The van der Waals surface area contributed by atoms with Gasteiger partial charge in [-0.25, -0.2) is 17.9 Å². The number of fused-ring (bicyclic) bond motifs is 1. The first-order valence-electron chi connectivity index (χ1n) is 7.70. The minimum absolute atomic E-state index is 0.00215. The predicted octanol–water partition coefficient (Wildman–Crippen LogP) is 3.99. The van der Waals surface area contributed by atoms with Gasteiger partial charge in [0.25, 0.3) is 0 Å². The van der Waals surface area contributed by atoms with Crippen molar-refractivity contribution >= 4 is 11.5 Å². The van der Waals surface area contributed by atoms with Crippen molar-refractivity contribution in [3.8, 4) is 0 Å². The van der Waals surface area contributed by atoms with Gasteiger partial charge in [0.15, 0.2) is 0 Å². The van der Waals surface area contributed by atoms with E-state index in [1.807, 2.05) is 11.8 Å². The van der Waals surface area contributed by atoms with Gasteiger partial charge >= 0.3 is 0 Å². The Balaban J connectivity index is 2.12. The molecule has 2 heterocycles. The molecular weight excluding hydrogens is 317 g/mol. The van der Waals surface area contributed by atoms with E-state index in [1.165, 1.54) is 6.33 Å². The first-order valence-corrected chi connectivity index (χ1v) is 7.70. The van der Waals surface area contributed by atoms with Crippen LogP contribution in [0.1, 0.15) is 33.3 Å². The number of hydrogen-bond acceptors (Lipinski definition) is 3. The fraction of sp³-hybridized carbons (Fsp3) is 0.412. The zero-order valence-corrected chi connectivity index (χ0v) is 14.0. The van der Waals surface area contributed by atoms with Crippen LogP contribution in [0, 0.1) is 22.9 Å². The van der Waals surface area contributed by atoms with Crippen molar-refractivity contribution in [3.05, 3.63) is 47.7 Å². The van der Waals surface area contributed by atoms with Crippen molar-refractivity contribution in [2.75, 3.05) is 4.90 Å². The van der Waals surface area contributed by atoms with Crippen LogP contribution in [0.4, 0.5) is 19.1 Å². The average Bonchev–Trinajstić information content (AvgIpc) is 2.91. The van der Waals surface area contributed by atoms with Crippen LogP contribution in [-0.4, -0.2) is 20.8 Å². The molecule has 24 heavy (non-hydrogen) atoms. The summed E-state index contributed by atoms with van der Waals surface area (Å²) in [5.74, 6) is -2.17. The highest BCUT2D eigenvalue weighted by molar-refractivity contribution is 5.71. The van der Waals surface area contributed by atoms with Gasteiger partial charge in [-0.15, -0.1) is 0 Å². The van der Waals surface area contributed by atoms with Gasteiger partial charge in [0.1, 0.15) is 23.8 Å². The topological polar surface area (TPSA) is 34.0 Å². The summed E-state index contributed by atoms with van der Waals surface area (Å²) in [5, 5.41) is 4.13. The summed E-state index contributed by atoms with van der Waals surface area (Å²) in [4.78, 5) is 6.10. The van der Waals surface area contributed by atoms with Crippen LogP contribution < -0.4 is 4.90 Å². The van der Waals surface area contributed by atoms with E-state index in [2.05, 4.69) is 30.9 Å². The normalized spacial score (nSPS) is 16.0. The number of benzene rings is 1. The Morgan fingerprint density at radius 3 is 2.33 bits per heavy atom. The quantitative estimate of drug-likeness (QED) is 0.831. The molecule has 128 valence electrons. The van der Waals surface area contributed by atoms with Crippen molar-refractivity contribution in [3.63, 3.8) is 0 Å². The zero-order valence-electron chi connectivity index (χ0n) is 14.0. The molecule has 0 unspecified atom stereocenters. The van der Waals surface area contributed by atoms with E-state index >= 15 is 0 Å². The van der Waals surface area contributed by atoms with Gasteiger partial charge in [-0.05, 0) is 12.3 Å². The van der Waals surface area contributed by atoms with Crippen molar-refractivity contribution in [2.24, 2.45) is 5.41 Å². The fourth-order valence-corrected chi connectivity index (χ4v) is 2.69. The number of rotatable bonds is 2. The number of anilines is 1. The van der Waals surface area contributed by atoms with Gasteiger partial charge in [-0.2, -0.15) is 10.1 Å². The number of nitrogens with zero attached hydrogens (tertiary/aromatic N) is 4. The van der Waals surface area contributed by atoms with Gasteiger partial charge < -0.3 is 4.90 Å². The predicted molar refractivity (Wildman–Crippen MR) is 85.7 cm³/mol. The first-order chi connectivity index (χ1) is 11.2. The maximum Gasteiger partial charge on any atom is 0.228 e. The third-order valence-corrected chi connectivity index (χ3v) is 4.44. The van der Waals surface area contributed by atoms with Gasteiger partial charge in [-0.3, -0.25) is 0 Å². The molecule has 0 saturated carbocycles. The van der Waals surface area contributed by atoms with Crippen LogP contribution in [0.2, 0.25) is 0 Å². The Kier molecular flexibility index (Phi) is 3.89. The molecule has 0 spiro atoms. The molecule has 0 radical (unpaired) electrons. The molecular formula is C17H19F3N4. The second-order valence-corrected chi connectivity index (χ2v) is 7.07. The minimum atomic E-state index is -0.938. The molecule has 0 aliphatic carbocycles. The molecule has 0 bridgehead atoms. The van der Waals surface area contributed by atoms with Crippen LogP contribution in [0.15, 0.2) is 24.7 Å². The molecule has 1 aromatic heterocycles. The summed E-state index contributed by atoms with van der Waals surface area (Å²) in [6, 6.07) is 1.38. The molecule has 1 aliphatic heterocycles. The average molecular weight is 336 g/mol. The molecule has 1 aromatic carbocycles. The standard InChI is InChI=1S/C17H19F3N4/c1-10(17(2,3)4)23-7-11(8-24-16(23)21-9-22-24)15-13(19)5-12(18)6-14(15)20/h5-7,9-10H,8H2,1-4H3/t10-/m1/s1. The Bertz CT molecular complexity index is 781. The summed E-state index contributed by atoms with van der Waals surface area (Å²) < 4.78 is 43.1. The molecule has 2 aromatic rings. The van der Waals surface area contributed by atoms with Crippen LogP contribution in [0.3, 0.4) is 0 Å². The summed E-state index contributed by atoms with van der Waals surface area (Å²) >= 11 is 0. The number of aromatic nitrogens is 3. The largest absolute Gasteiger partial charge is 0.314 e. The monoisotopic (exact) mass is 336 g/mol. The van der Waals surface area contributed by atoms with E-state index in [-0.39, 0.29) is 23.6 Å². The van der Waals surface area contributed by atoms with E-state index in [9.17, 15) is 13.2 Å². The van der Waals surface area contributed by atoms with Crippen LogP contribution in [0.25, 0.3) is 5.57 Å². The minimum Gasteiger partial charge on any atom is -0.314 e. The Hall–Kier alpha value is -2.31. The molecule has 3 rings (SSSR count). The van der Waals surface area contributed by atoms with E-state index in [1.54, 1.807) is 10.9 Å². The van der Waals surface area contributed by atoms with E-state index in [0.29, 0.717) is 23.7 Å². The van der Waals surface area contributed by atoms with Crippen molar-refractivity contribution in [1.29, 1.82) is 0 Å². The highest BCUT2D eigenvalue weighted by Gasteiger charge is 2.32. The fourth-order valence-electron chi connectivity index (χ4n) is 2.69. The lowest BCUT2D eigenvalue weighted by molar-refractivity contribution is 0.329. The molecule has 7 heteroatoms. The Morgan fingerprint density at radius 2 is 1.75 bits per heavy atom. The maximum absolute atomic E-state index is 14.2. The van der Waals surface area contributed by atoms with Gasteiger partial charge in [0, 0.05) is 29.9 Å². The molecule has 1 atom stereocenters. The smallest absolute Gasteiger partial charge is 0.228 e. The number of allylic oxidation sites excluding steroid dienone is 1. The lowest BCUT2D eigenvalue weighted by Gasteiger charge is -2.38. The third kappa shape index (κ3) is 2.79. The molecule has 4 nitrogen and oxygen atoms in total. The van der Waals surface area contributed by atoms with E-state index < -0.39 is 17.5 Å². The molecule has 0 fully saturated rings. The summed E-state index contributed by atoms with van der Waals surface area (Å²) in [7, 11) is 0. The number of halogens is 3. The Labute approximate surface area is 138 Å². The number of hydrogen-bond donors (Lipinski definition) is 0. The van der Waals surface area contributed by atoms with Gasteiger partial charge in [0.2, 0.25) is 5.95 Å². The SMILES string of the molecule is C[C@@H](N1C=C(c2c(F)cc(F)cc2F)Cn2ncnc21)C(C)(C)C. The highest BCUT2D eigenvalue weighted by atomic mass is 19.1. The van der Waals surface area contributed by atoms with E-state index in [4.69, 9.17) is 0 Å². The second-order valence-electron chi connectivity index (χ2n) is 7.07. The van der Waals surface area contributed by atoms with Gasteiger partial charge in [-0.1, -0.05) is 20.8 Å². The highest BCUT2D eigenvalue weighted by Crippen LogP contribution is 2.34. The molecule has 0 N–H and O–H groups in total. The van der Waals surface area contributed by atoms with Crippen molar-refractivity contribution < 1.29 is 13.2 Å². The van der Waals surface area contributed by atoms with Gasteiger partial charge in [0.05, 0.1) is 12.1 Å². The lowest BCUT2D eigenvalue weighted by atomic mass is 9.87. The van der Waals surface area contributed by atoms with Crippen molar-refractivity contribution in [1.82, 2.24) is 14.8 Å². The third-order valence-electron chi connectivity index (χ3n) is 4.44. The van der Waals surface area contributed by atoms with Crippen LogP contribution >= 0.6 is 0 Å². The van der Waals surface area contributed by atoms with Crippen molar-refractivity contribution in [2.45, 2.75) is 40.3 Å². The summed E-state index contributed by atoms with van der Waals surface area (Å²) in [5.41, 5.74) is 0.0538. The molecule has 1 aliphatic rings. The van der Waals surface area contributed by atoms with E-state index in [0.717, 1.165) is 0 Å².